The molecule has 0 saturated heterocycles. The van der Waals surface area contributed by atoms with Crippen molar-refractivity contribution in [1.82, 2.24) is 15.5 Å². The van der Waals surface area contributed by atoms with Gasteiger partial charge in [-0.15, -0.1) is 0 Å². The molecule has 0 aromatic heterocycles. The predicted molar refractivity (Wildman–Crippen MR) is 125 cm³/mol. The molecular formula is C25H31N3O5. The SMILES string of the molecule is C[C@H](CC(=O)NC(CCN(C)C)C(=O)O)NC(=O)OCC1c2ccccc2-c2ccccc21. The molecule has 1 aliphatic carbocycles. The van der Waals surface area contributed by atoms with Crippen molar-refractivity contribution in [3.05, 3.63) is 59.7 Å². The van der Waals surface area contributed by atoms with Gasteiger partial charge in [0, 0.05) is 24.9 Å². The van der Waals surface area contributed by atoms with Crippen LogP contribution in [-0.4, -0.2) is 67.3 Å². The maximum absolute atomic E-state index is 12.4. The van der Waals surface area contributed by atoms with E-state index in [0.717, 1.165) is 22.3 Å². The van der Waals surface area contributed by atoms with Gasteiger partial charge in [0.15, 0.2) is 0 Å². The second-order valence-corrected chi connectivity index (χ2v) is 8.63. The number of nitrogens with one attached hydrogen (secondary N) is 2. The molecule has 8 nitrogen and oxygen atoms in total. The molecule has 0 radical (unpaired) electrons. The number of carboxylic acid groups (broad SMARTS) is 1. The molecule has 0 fully saturated rings. The molecule has 0 saturated carbocycles. The van der Waals surface area contributed by atoms with E-state index >= 15 is 0 Å². The Bertz CT molecular complexity index is 962. The number of carbonyl (C=O) groups is 3. The molecule has 0 heterocycles. The standard InChI is InChI=1S/C25H31N3O5/c1-16(14-23(29)27-22(24(30)31)12-13-28(2)3)26-25(32)33-15-21-19-10-6-4-8-17(19)18-9-5-7-11-20(18)21/h4-11,16,21-22H,12-15H2,1-3H3,(H,26,32)(H,27,29)(H,30,31)/t16-,22?/m1/s1. The van der Waals surface area contributed by atoms with Crippen LogP contribution in [0.25, 0.3) is 11.1 Å². The fraction of sp³-hybridized carbons (Fsp3) is 0.400. The molecule has 0 spiro atoms. The zero-order chi connectivity index (χ0) is 24.0. The lowest BCUT2D eigenvalue weighted by molar-refractivity contribution is -0.142. The van der Waals surface area contributed by atoms with Gasteiger partial charge in [0.2, 0.25) is 5.91 Å². The Morgan fingerprint density at radius 3 is 2.12 bits per heavy atom. The van der Waals surface area contributed by atoms with Gasteiger partial charge < -0.3 is 25.4 Å². The number of carbonyl (C=O) groups excluding carboxylic acids is 2. The van der Waals surface area contributed by atoms with Gasteiger partial charge in [-0.2, -0.15) is 0 Å². The third-order valence-electron chi connectivity index (χ3n) is 5.70. The maximum atomic E-state index is 12.4. The third kappa shape index (κ3) is 6.32. The predicted octanol–water partition coefficient (Wildman–Crippen LogP) is 2.82. The monoisotopic (exact) mass is 453 g/mol. The maximum Gasteiger partial charge on any atom is 0.407 e. The number of ether oxygens (including phenoxy) is 1. The number of amides is 2. The van der Waals surface area contributed by atoms with E-state index in [4.69, 9.17) is 4.74 Å². The van der Waals surface area contributed by atoms with Crippen LogP contribution in [0.5, 0.6) is 0 Å². The second kappa shape index (κ2) is 11.0. The fourth-order valence-corrected chi connectivity index (χ4v) is 4.07. The number of hydrogen-bond donors (Lipinski definition) is 3. The Morgan fingerprint density at radius 1 is 1.00 bits per heavy atom. The first-order valence-electron chi connectivity index (χ1n) is 11.0. The van der Waals surface area contributed by atoms with Crippen LogP contribution in [0, 0.1) is 0 Å². The Labute approximate surface area is 193 Å². The van der Waals surface area contributed by atoms with E-state index in [9.17, 15) is 19.5 Å². The van der Waals surface area contributed by atoms with E-state index in [1.165, 1.54) is 0 Å². The average molecular weight is 454 g/mol. The number of aliphatic carboxylic acids is 1. The molecule has 176 valence electrons. The van der Waals surface area contributed by atoms with Crippen LogP contribution in [0.4, 0.5) is 4.79 Å². The lowest BCUT2D eigenvalue weighted by atomic mass is 9.98. The highest BCUT2D eigenvalue weighted by molar-refractivity contribution is 5.84. The lowest BCUT2D eigenvalue weighted by Crippen LogP contribution is -2.45. The highest BCUT2D eigenvalue weighted by Gasteiger charge is 2.29. The Balaban J connectivity index is 1.50. The highest BCUT2D eigenvalue weighted by atomic mass is 16.5. The minimum atomic E-state index is -1.08. The van der Waals surface area contributed by atoms with Crippen molar-refractivity contribution in [3.63, 3.8) is 0 Å². The van der Waals surface area contributed by atoms with Gasteiger partial charge in [-0.05, 0) is 49.7 Å². The van der Waals surface area contributed by atoms with E-state index < -0.39 is 30.1 Å². The lowest BCUT2D eigenvalue weighted by Gasteiger charge is -2.19. The number of fused-ring (bicyclic) bond motifs is 3. The molecule has 2 aromatic carbocycles. The molecule has 2 amide bonds. The minimum Gasteiger partial charge on any atom is -0.480 e. The molecule has 3 rings (SSSR count). The Kier molecular flexibility index (Phi) is 8.06. The molecule has 2 aromatic rings. The summed E-state index contributed by atoms with van der Waals surface area (Å²) in [5.74, 6) is -1.57. The molecule has 1 aliphatic rings. The number of rotatable bonds is 10. The van der Waals surface area contributed by atoms with E-state index in [1.807, 2.05) is 55.4 Å². The van der Waals surface area contributed by atoms with Crippen molar-refractivity contribution >= 4 is 18.0 Å². The van der Waals surface area contributed by atoms with Gasteiger partial charge in [-0.3, -0.25) is 4.79 Å². The summed E-state index contributed by atoms with van der Waals surface area (Å²) in [7, 11) is 3.67. The summed E-state index contributed by atoms with van der Waals surface area (Å²) in [5.41, 5.74) is 4.54. The molecule has 0 bridgehead atoms. The van der Waals surface area contributed by atoms with Crippen molar-refractivity contribution in [2.24, 2.45) is 0 Å². The van der Waals surface area contributed by atoms with Crippen LogP contribution in [0.15, 0.2) is 48.5 Å². The van der Waals surface area contributed by atoms with Crippen molar-refractivity contribution in [1.29, 1.82) is 0 Å². The topological polar surface area (TPSA) is 108 Å². The molecule has 3 N–H and O–H groups in total. The number of hydrogen-bond acceptors (Lipinski definition) is 5. The zero-order valence-corrected chi connectivity index (χ0v) is 19.2. The summed E-state index contributed by atoms with van der Waals surface area (Å²) < 4.78 is 5.49. The van der Waals surface area contributed by atoms with Gasteiger partial charge in [0.1, 0.15) is 12.6 Å². The number of nitrogens with zero attached hydrogens (tertiary/aromatic N) is 1. The second-order valence-electron chi connectivity index (χ2n) is 8.63. The molecule has 0 aliphatic heterocycles. The average Bonchev–Trinajstić information content (AvgIpc) is 3.08. The van der Waals surface area contributed by atoms with Crippen molar-refractivity contribution in [3.8, 4) is 11.1 Å². The van der Waals surface area contributed by atoms with E-state index in [0.29, 0.717) is 13.0 Å². The minimum absolute atomic E-state index is 0.0457. The number of carboxylic acids is 1. The normalized spacial score (nSPS) is 14.2. The summed E-state index contributed by atoms with van der Waals surface area (Å²) in [5, 5.41) is 14.5. The molecule has 2 atom stereocenters. The van der Waals surface area contributed by atoms with E-state index in [2.05, 4.69) is 22.8 Å². The van der Waals surface area contributed by atoms with Gasteiger partial charge in [-0.25, -0.2) is 9.59 Å². The zero-order valence-electron chi connectivity index (χ0n) is 19.2. The smallest absolute Gasteiger partial charge is 0.407 e. The molecular weight excluding hydrogens is 422 g/mol. The Morgan fingerprint density at radius 2 is 1.58 bits per heavy atom. The first-order chi connectivity index (χ1) is 15.8. The fourth-order valence-electron chi connectivity index (χ4n) is 4.07. The molecule has 1 unspecified atom stereocenters. The van der Waals surface area contributed by atoms with Crippen LogP contribution in [-0.2, 0) is 14.3 Å². The summed E-state index contributed by atoms with van der Waals surface area (Å²) in [6.07, 6.45) is -0.363. The molecule has 8 heteroatoms. The number of benzene rings is 2. The van der Waals surface area contributed by atoms with Crippen molar-refractivity contribution in [2.75, 3.05) is 27.2 Å². The van der Waals surface area contributed by atoms with Crippen LogP contribution in [0.1, 0.15) is 36.8 Å². The summed E-state index contributed by atoms with van der Waals surface area (Å²) in [6, 6.07) is 14.7. The number of alkyl carbamates (subject to hydrolysis) is 1. The van der Waals surface area contributed by atoms with Crippen LogP contribution >= 0.6 is 0 Å². The van der Waals surface area contributed by atoms with Gasteiger partial charge in [0.05, 0.1) is 0 Å². The van der Waals surface area contributed by atoms with Gasteiger partial charge >= 0.3 is 12.1 Å². The van der Waals surface area contributed by atoms with Crippen LogP contribution < -0.4 is 10.6 Å². The third-order valence-corrected chi connectivity index (χ3v) is 5.70. The van der Waals surface area contributed by atoms with Gasteiger partial charge in [-0.1, -0.05) is 48.5 Å². The van der Waals surface area contributed by atoms with Crippen LogP contribution in [0.2, 0.25) is 0 Å². The Hall–Kier alpha value is -3.39. The summed E-state index contributed by atoms with van der Waals surface area (Å²) in [6.45, 7) is 2.39. The quantitative estimate of drug-likeness (QED) is 0.511. The largest absolute Gasteiger partial charge is 0.480 e. The van der Waals surface area contributed by atoms with Crippen molar-refractivity contribution < 1.29 is 24.2 Å². The highest BCUT2D eigenvalue weighted by Crippen LogP contribution is 2.44. The first-order valence-corrected chi connectivity index (χ1v) is 11.0. The van der Waals surface area contributed by atoms with Crippen LogP contribution in [0.3, 0.4) is 0 Å². The first kappa shape index (κ1) is 24.3. The van der Waals surface area contributed by atoms with E-state index in [-0.39, 0.29) is 18.9 Å². The summed E-state index contributed by atoms with van der Waals surface area (Å²) >= 11 is 0. The van der Waals surface area contributed by atoms with Crippen molar-refractivity contribution in [2.45, 2.75) is 37.8 Å². The van der Waals surface area contributed by atoms with E-state index in [1.54, 1.807) is 6.92 Å². The molecule has 33 heavy (non-hydrogen) atoms. The van der Waals surface area contributed by atoms with Gasteiger partial charge in [0.25, 0.3) is 0 Å². The summed E-state index contributed by atoms with van der Waals surface area (Å²) in [4.78, 5) is 37.8.